The van der Waals surface area contributed by atoms with E-state index >= 15 is 0 Å². The number of allylic oxidation sites excluding steroid dienone is 4. The third-order valence-corrected chi connectivity index (χ3v) is 4.49. The van der Waals surface area contributed by atoms with Crippen molar-refractivity contribution >= 4 is 5.78 Å². The predicted molar refractivity (Wildman–Crippen MR) is 67.2 cm³/mol. The largest absolute Gasteiger partial charge is 0.295 e. The second kappa shape index (κ2) is 3.87. The number of carbonyl (C=O) groups is 1. The minimum Gasteiger partial charge on any atom is -0.295 e. The molecule has 0 amide bonds. The van der Waals surface area contributed by atoms with Crippen LogP contribution in [0, 0.1) is 11.3 Å². The van der Waals surface area contributed by atoms with Crippen molar-refractivity contribution < 1.29 is 4.79 Å². The Morgan fingerprint density at radius 1 is 1.44 bits per heavy atom. The van der Waals surface area contributed by atoms with Crippen LogP contribution in [-0.4, -0.2) is 5.78 Å². The van der Waals surface area contributed by atoms with Gasteiger partial charge in [-0.25, -0.2) is 0 Å². The minimum atomic E-state index is 0.231. The van der Waals surface area contributed by atoms with E-state index in [0.717, 1.165) is 24.8 Å². The lowest BCUT2D eigenvalue weighted by molar-refractivity contribution is -0.120. The molecule has 0 radical (unpaired) electrons. The van der Waals surface area contributed by atoms with Gasteiger partial charge in [0.15, 0.2) is 5.78 Å². The van der Waals surface area contributed by atoms with Crippen molar-refractivity contribution in [2.75, 3.05) is 0 Å². The number of fused-ring (bicyclic) bond motifs is 1. The molecule has 0 bridgehead atoms. The second-order valence-electron chi connectivity index (χ2n) is 5.98. The first-order chi connectivity index (χ1) is 7.44. The van der Waals surface area contributed by atoms with E-state index in [4.69, 9.17) is 0 Å². The molecule has 2 rings (SSSR count). The Balaban J connectivity index is 2.37. The Morgan fingerprint density at radius 2 is 2.12 bits per heavy atom. The molecule has 0 aromatic heterocycles. The molecule has 88 valence electrons. The van der Waals surface area contributed by atoms with Gasteiger partial charge in [-0.3, -0.25) is 4.79 Å². The molecule has 1 fully saturated rings. The van der Waals surface area contributed by atoms with Gasteiger partial charge < -0.3 is 0 Å². The smallest absolute Gasteiger partial charge is 0.159 e. The summed E-state index contributed by atoms with van der Waals surface area (Å²) in [7, 11) is 0. The first-order valence-corrected chi connectivity index (χ1v) is 6.30. The summed E-state index contributed by atoms with van der Waals surface area (Å²) in [6.07, 6.45) is 6.42. The highest BCUT2D eigenvalue weighted by Crippen LogP contribution is 2.50. The molecule has 0 aromatic carbocycles. The number of Topliss-reactive ketones (excluding diaryl/α,β-unsaturated/α-hetero) is 1. The standard InChI is InChI=1S/C15H22O/c1-10(2)12-8-13-11(3)6-5-7-15(13,4)9-14(12)16/h6,13H,5,7-9H2,1-4H3/t13-,15+/m0/s1. The SMILES string of the molecule is CC1=CCC[C@]2(C)CC(=O)C(=C(C)C)C[C@@H]12. The van der Waals surface area contributed by atoms with Crippen molar-refractivity contribution in [1.29, 1.82) is 0 Å². The zero-order valence-electron chi connectivity index (χ0n) is 10.9. The average molecular weight is 218 g/mol. The van der Waals surface area contributed by atoms with Crippen molar-refractivity contribution in [2.24, 2.45) is 11.3 Å². The highest BCUT2D eigenvalue weighted by atomic mass is 16.1. The molecule has 0 unspecified atom stereocenters. The van der Waals surface area contributed by atoms with Crippen LogP contribution in [0.4, 0.5) is 0 Å². The van der Waals surface area contributed by atoms with E-state index in [2.05, 4.69) is 33.8 Å². The molecule has 0 aliphatic heterocycles. The van der Waals surface area contributed by atoms with E-state index in [9.17, 15) is 4.79 Å². The third kappa shape index (κ3) is 1.77. The van der Waals surface area contributed by atoms with Crippen molar-refractivity contribution in [2.45, 2.75) is 53.4 Å². The summed E-state index contributed by atoms with van der Waals surface area (Å²) >= 11 is 0. The number of ketones is 1. The maximum Gasteiger partial charge on any atom is 0.159 e. The van der Waals surface area contributed by atoms with Gasteiger partial charge >= 0.3 is 0 Å². The van der Waals surface area contributed by atoms with E-state index < -0.39 is 0 Å². The van der Waals surface area contributed by atoms with Crippen LogP contribution in [0.25, 0.3) is 0 Å². The Morgan fingerprint density at radius 3 is 2.75 bits per heavy atom. The Labute approximate surface area is 98.6 Å². The molecule has 0 N–H and O–H groups in total. The van der Waals surface area contributed by atoms with E-state index in [1.807, 2.05) is 0 Å². The zero-order valence-corrected chi connectivity index (χ0v) is 10.9. The number of hydrogen-bond donors (Lipinski definition) is 0. The van der Waals surface area contributed by atoms with Crippen molar-refractivity contribution in [3.63, 3.8) is 0 Å². The van der Waals surface area contributed by atoms with Gasteiger partial charge in [-0.2, -0.15) is 0 Å². The van der Waals surface area contributed by atoms with Crippen LogP contribution < -0.4 is 0 Å². The normalized spacial score (nSPS) is 34.5. The van der Waals surface area contributed by atoms with Crippen LogP contribution in [-0.2, 0) is 4.79 Å². The van der Waals surface area contributed by atoms with Crippen LogP contribution in [0.2, 0.25) is 0 Å². The predicted octanol–water partition coefficient (Wildman–Crippen LogP) is 4.05. The molecule has 1 heteroatoms. The Kier molecular flexibility index (Phi) is 2.81. The summed E-state index contributed by atoms with van der Waals surface area (Å²) in [5.74, 6) is 0.998. The monoisotopic (exact) mass is 218 g/mol. The summed E-state index contributed by atoms with van der Waals surface area (Å²) in [6.45, 7) is 8.67. The molecule has 2 aliphatic rings. The first kappa shape index (κ1) is 11.6. The molecule has 1 saturated carbocycles. The van der Waals surface area contributed by atoms with Crippen molar-refractivity contribution in [3.8, 4) is 0 Å². The molecule has 16 heavy (non-hydrogen) atoms. The van der Waals surface area contributed by atoms with Crippen LogP contribution in [0.1, 0.15) is 53.4 Å². The van der Waals surface area contributed by atoms with Gasteiger partial charge in [-0.05, 0) is 56.9 Å². The Hall–Kier alpha value is -0.850. The molecule has 1 nitrogen and oxygen atoms in total. The quantitative estimate of drug-likeness (QED) is 0.443. The van der Waals surface area contributed by atoms with Crippen LogP contribution >= 0.6 is 0 Å². The molecular formula is C15H22O. The summed E-state index contributed by atoms with van der Waals surface area (Å²) in [5.41, 5.74) is 4.04. The summed E-state index contributed by atoms with van der Waals surface area (Å²) < 4.78 is 0. The van der Waals surface area contributed by atoms with Crippen LogP contribution in [0.3, 0.4) is 0 Å². The van der Waals surface area contributed by atoms with Gasteiger partial charge in [-0.15, -0.1) is 0 Å². The van der Waals surface area contributed by atoms with Crippen molar-refractivity contribution in [1.82, 2.24) is 0 Å². The zero-order chi connectivity index (χ0) is 11.9. The number of carbonyl (C=O) groups excluding carboxylic acids is 1. The van der Waals surface area contributed by atoms with E-state index in [0.29, 0.717) is 11.7 Å². The summed E-state index contributed by atoms with van der Waals surface area (Å²) in [5, 5.41) is 0. The fourth-order valence-electron chi connectivity index (χ4n) is 3.39. The molecule has 0 aromatic rings. The van der Waals surface area contributed by atoms with Gasteiger partial charge in [-0.1, -0.05) is 24.1 Å². The van der Waals surface area contributed by atoms with E-state index in [1.54, 1.807) is 0 Å². The molecule has 2 aliphatic carbocycles. The van der Waals surface area contributed by atoms with Gasteiger partial charge in [0.1, 0.15) is 0 Å². The van der Waals surface area contributed by atoms with Gasteiger partial charge in [0.25, 0.3) is 0 Å². The average Bonchev–Trinajstić information content (AvgIpc) is 2.15. The highest BCUT2D eigenvalue weighted by Gasteiger charge is 2.43. The number of hydrogen-bond acceptors (Lipinski definition) is 1. The summed E-state index contributed by atoms with van der Waals surface area (Å²) in [4.78, 5) is 12.1. The fraction of sp³-hybridized carbons (Fsp3) is 0.667. The van der Waals surface area contributed by atoms with Gasteiger partial charge in [0.2, 0.25) is 0 Å². The molecular weight excluding hydrogens is 196 g/mol. The van der Waals surface area contributed by atoms with Crippen LogP contribution in [0.5, 0.6) is 0 Å². The summed E-state index contributed by atoms with van der Waals surface area (Å²) in [6, 6.07) is 0. The molecule has 2 atom stereocenters. The van der Waals surface area contributed by atoms with E-state index in [1.165, 1.54) is 17.6 Å². The highest BCUT2D eigenvalue weighted by molar-refractivity contribution is 5.97. The minimum absolute atomic E-state index is 0.231. The number of rotatable bonds is 0. The Bertz CT molecular complexity index is 382. The lowest BCUT2D eigenvalue weighted by Crippen LogP contribution is -2.38. The maximum absolute atomic E-state index is 12.1. The van der Waals surface area contributed by atoms with Gasteiger partial charge in [0.05, 0.1) is 0 Å². The topological polar surface area (TPSA) is 17.1 Å². The van der Waals surface area contributed by atoms with E-state index in [-0.39, 0.29) is 5.41 Å². The molecule has 0 saturated heterocycles. The maximum atomic E-state index is 12.1. The third-order valence-electron chi connectivity index (χ3n) is 4.49. The molecule has 0 spiro atoms. The lowest BCUT2D eigenvalue weighted by atomic mass is 9.59. The van der Waals surface area contributed by atoms with Crippen molar-refractivity contribution in [3.05, 3.63) is 22.8 Å². The fourth-order valence-corrected chi connectivity index (χ4v) is 3.39. The van der Waals surface area contributed by atoms with Crippen LogP contribution in [0.15, 0.2) is 22.8 Å². The molecule has 0 heterocycles. The second-order valence-corrected chi connectivity index (χ2v) is 5.98. The lowest BCUT2D eigenvalue weighted by Gasteiger charge is -2.45. The first-order valence-electron chi connectivity index (χ1n) is 6.30. The van der Waals surface area contributed by atoms with Gasteiger partial charge in [0, 0.05) is 6.42 Å².